The fourth-order valence-electron chi connectivity index (χ4n) is 1.47. The Kier molecular flexibility index (Phi) is 3.05. The topological polar surface area (TPSA) is 95.5 Å². The van der Waals surface area contributed by atoms with Crippen molar-refractivity contribution in [3.05, 3.63) is 46.3 Å². The number of rotatable bonds is 3. The number of hydrogen-bond acceptors (Lipinski definition) is 6. The Morgan fingerprint density at radius 1 is 1.50 bits per heavy atom. The first-order valence-electron chi connectivity index (χ1n) is 4.90. The summed E-state index contributed by atoms with van der Waals surface area (Å²) < 4.78 is 9.65. The first kappa shape index (κ1) is 11.8. The van der Waals surface area contributed by atoms with Gasteiger partial charge in [0.25, 0.3) is 5.69 Å². The Hall–Kier alpha value is -2.70. The summed E-state index contributed by atoms with van der Waals surface area (Å²) in [7, 11) is 1.19. The number of nitro benzene ring substituents is 1. The van der Waals surface area contributed by atoms with Gasteiger partial charge in [-0.2, -0.15) is 0 Å². The summed E-state index contributed by atoms with van der Waals surface area (Å²) in [6.07, 6.45) is 2.76. The number of ether oxygens (including phenoxy) is 1. The molecule has 7 heteroatoms. The highest BCUT2D eigenvalue weighted by molar-refractivity contribution is 5.96. The molecule has 0 saturated heterocycles. The van der Waals surface area contributed by atoms with E-state index in [4.69, 9.17) is 4.42 Å². The number of carbonyl (C=O) groups excluding carboxylic acids is 1. The molecule has 0 amide bonds. The van der Waals surface area contributed by atoms with Crippen molar-refractivity contribution in [2.45, 2.75) is 0 Å². The molecule has 0 spiro atoms. The molecule has 0 radical (unpaired) electrons. The minimum atomic E-state index is -0.688. The van der Waals surface area contributed by atoms with Crippen LogP contribution in [0.4, 0.5) is 5.69 Å². The zero-order valence-corrected chi connectivity index (χ0v) is 9.32. The van der Waals surface area contributed by atoms with Gasteiger partial charge in [-0.3, -0.25) is 10.1 Å². The van der Waals surface area contributed by atoms with E-state index < -0.39 is 10.9 Å². The van der Waals surface area contributed by atoms with Crippen LogP contribution < -0.4 is 0 Å². The predicted octanol–water partition coefficient (Wildman–Crippen LogP) is 2.04. The zero-order valence-electron chi connectivity index (χ0n) is 9.32. The molecule has 0 N–H and O–H groups in total. The molecule has 0 aliphatic rings. The Labute approximate surface area is 101 Å². The maximum absolute atomic E-state index is 11.6. The fraction of sp³-hybridized carbons (Fsp3) is 0.0909. The number of non-ortho nitro benzene ring substituents is 1. The van der Waals surface area contributed by atoms with E-state index in [-0.39, 0.29) is 17.1 Å². The lowest BCUT2D eigenvalue weighted by molar-refractivity contribution is -0.384. The lowest BCUT2D eigenvalue weighted by Crippen LogP contribution is -2.04. The zero-order chi connectivity index (χ0) is 13.1. The smallest absolute Gasteiger partial charge is 0.338 e. The molecule has 0 atom stereocenters. The highest BCUT2D eigenvalue weighted by Crippen LogP contribution is 2.26. The van der Waals surface area contributed by atoms with E-state index in [2.05, 4.69) is 9.72 Å². The van der Waals surface area contributed by atoms with Gasteiger partial charge in [0.2, 0.25) is 5.89 Å². The third-order valence-electron chi connectivity index (χ3n) is 2.28. The summed E-state index contributed by atoms with van der Waals surface area (Å²) in [5, 5.41) is 10.7. The molecule has 0 aliphatic heterocycles. The molecular weight excluding hydrogens is 240 g/mol. The van der Waals surface area contributed by atoms with Crippen molar-refractivity contribution >= 4 is 11.7 Å². The van der Waals surface area contributed by atoms with Crippen LogP contribution in [0.25, 0.3) is 11.5 Å². The van der Waals surface area contributed by atoms with Crippen LogP contribution >= 0.6 is 0 Å². The normalized spacial score (nSPS) is 10.1. The van der Waals surface area contributed by atoms with Gasteiger partial charge in [0, 0.05) is 12.1 Å². The Balaban J connectivity index is 2.59. The number of methoxy groups -OCH3 is 1. The van der Waals surface area contributed by atoms with Crippen LogP contribution in [0.1, 0.15) is 10.4 Å². The van der Waals surface area contributed by atoms with Crippen molar-refractivity contribution in [3.63, 3.8) is 0 Å². The molecule has 0 unspecified atom stereocenters. The van der Waals surface area contributed by atoms with Crippen LogP contribution in [0.5, 0.6) is 0 Å². The molecular formula is C11H8N2O5. The molecule has 0 aliphatic carbocycles. The van der Waals surface area contributed by atoms with Crippen LogP contribution in [0, 0.1) is 10.1 Å². The molecule has 1 aromatic carbocycles. The number of esters is 1. The van der Waals surface area contributed by atoms with Gasteiger partial charge in [-0.1, -0.05) is 0 Å². The lowest BCUT2D eigenvalue weighted by Gasteiger charge is -2.04. The summed E-state index contributed by atoms with van der Waals surface area (Å²) in [6, 6.07) is 3.80. The first-order valence-corrected chi connectivity index (χ1v) is 4.90. The van der Waals surface area contributed by atoms with E-state index in [1.807, 2.05) is 0 Å². The van der Waals surface area contributed by atoms with Gasteiger partial charge in [0.05, 0.1) is 29.4 Å². The van der Waals surface area contributed by atoms with Crippen LogP contribution in [0.2, 0.25) is 0 Å². The van der Waals surface area contributed by atoms with Crippen LogP contribution in [0.3, 0.4) is 0 Å². The van der Waals surface area contributed by atoms with E-state index in [1.54, 1.807) is 0 Å². The van der Waals surface area contributed by atoms with E-state index in [9.17, 15) is 14.9 Å². The molecule has 0 saturated carbocycles. The molecule has 2 aromatic rings. The van der Waals surface area contributed by atoms with E-state index in [1.165, 1.54) is 31.7 Å². The molecule has 1 heterocycles. The van der Waals surface area contributed by atoms with Crippen molar-refractivity contribution in [1.82, 2.24) is 4.98 Å². The predicted molar refractivity (Wildman–Crippen MR) is 59.9 cm³/mol. The van der Waals surface area contributed by atoms with E-state index >= 15 is 0 Å². The largest absolute Gasteiger partial charge is 0.465 e. The summed E-state index contributed by atoms with van der Waals surface area (Å²) in [5.41, 5.74) is 0.178. The quantitative estimate of drug-likeness (QED) is 0.468. The number of aromatic nitrogens is 1. The van der Waals surface area contributed by atoms with Crippen molar-refractivity contribution in [2.75, 3.05) is 7.11 Å². The van der Waals surface area contributed by atoms with Crippen molar-refractivity contribution in [3.8, 4) is 11.5 Å². The lowest BCUT2D eigenvalue weighted by atomic mass is 10.1. The second-order valence-corrected chi connectivity index (χ2v) is 3.32. The van der Waals surface area contributed by atoms with E-state index in [0.717, 1.165) is 6.07 Å². The minimum Gasteiger partial charge on any atom is -0.465 e. The molecule has 7 nitrogen and oxygen atoms in total. The van der Waals surface area contributed by atoms with Crippen molar-refractivity contribution in [1.29, 1.82) is 0 Å². The number of nitro groups is 1. The average Bonchev–Trinajstić information content (AvgIpc) is 2.90. The molecule has 92 valence electrons. The van der Waals surface area contributed by atoms with Crippen molar-refractivity contribution < 1.29 is 18.9 Å². The van der Waals surface area contributed by atoms with Gasteiger partial charge in [0.15, 0.2) is 0 Å². The Morgan fingerprint density at radius 3 is 2.83 bits per heavy atom. The third-order valence-corrected chi connectivity index (χ3v) is 2.28. The minimum absolute atomic E-state index is 0.0363. The van der Waals surface area contributed by atoms with E-state index in [0.29, 0.717) is 5.56 Å². The number of nitrogens with zero attached hydrogens (tertiary/aromatic N) is 2. The van der Waals surface area contributed by atoms with Crippen LogP contribution in [-0.2, 0) is 4.74 Å². The van der Waals surface area contributed by atoms with Gasteiger partial charge in [0.1, 0.15) is 6.26 Å². The number of carbonyl (C=O) groups is 1. The van der Waals surface area contributed by atoms with Gasteiger partial charge in [-0.15, -0.1) is 0 Å². The Morgan fingerprint density at radius 2 is 2.28 bits per heavy atom. The number of oxazole rings is 1. The van der Waals surface area contributed by atoms with Gasteiger partial charge in [-0.05, 0) is 6.07 Å². The second-order valence-electron chi connectivity index (χ2n) is 3.32. The number of benzene rings is 1. The maximum Gasteiger partial charge on any atom is 0.338 e. The second kappa shape index (κ2) is 4.66. The molecule has 1 aromatic heterocycles. The van der Waals surface area contributed by atoms with Gasteiger partial charge in [-0.25, -0.2) is 9.78 Å². The van der Waals surface area contributed by atoms with Gasteiger partial charge >= 0.3 is 5.97 Å². The Bertz CT molecular complexity index is 591. The summed E-state index contributed by atoms with van der Waals surface area (Å²) in [4.78, 5) is 25.6. The highest BCUT2D eigenvalue weighted by Gasteiger charge is 2.20. The van der Waals surface area contributed by atoms with Crippen LogP contribution in [-0.4, -0.2) is 23.0 Å². The summed E-state index contributed by atoms with van der Waals surface area (Å²) in [6.45, 7) is 0. The molecule has 18 heavy (non-hydrogen) atoms. The first-order chi connectivity index (χ1) is 8.63. The molecule has 2 rings (SSSR count). The standard InChI is InChI=1S/C11H8N2O5/c1-17-11(14)9-6-7(13(15)16)2-3-8(9)10-12-4-5-18-10/h2-6H,1H3. The third kappa shape index (κ3) is 2.05. The van der Waals surface area contributed by atoms with Crippen LogP contribution in [0.15, 0.2) is 35.1 Å². The SMILES string of the molecule is COC(=O)c1cc([N+](=O)[O-])ccc1-c1ncco1. The molecule has 0 fully saturated rings. The van der Waals surface area contributed by atoms with Gasteiger partial charge < -0.3 is 9.15 Å². The maximum atomic E-state index is 11.6. The summed E-state index contributed by atoms with van der Waals surface area (Å²) >= 11 is 0. The number of hydrogen-bond donors (Lipinski definition) is 0. The summed E-state index contributed by atoms with van der Waals surface area (Å²) in [5.74, 6) is -0.489. The van der Waals surface area contributed by atoms with Crippen molar-refractivity contribution in [2.24, 2.45) is 0 Å². The average molecular weight is 248 g/mol. The highest BCUT2D eigenvalue weighted by atomic mass is 16.6. The molecule has 0 bridgehead atoms. The monoisotopic (exact) mass is 248 g/mol. The fourth-order valence-corrected chi connectivity index (χ4v) is 1.47.